The van der Waals surface area contributed by atoms with Crippen LogP contribution < -0.4 is 5.32 Å². The highest BCUT2D eigenvalue weighted by molar-refractivity contribution is 5.91. The summed E-state index contributed by atoms with van der Waals surface area (Å²) in [5.74, 6) is -0.104. The fourth-order valence-corrected chi connectivity index (χ4v) is 2.44. The molecule has 1 aromatic rings. The van der Waals surface area contributed by atoms with Crippen molar-refractivity contribution in [1.82, 2.24) is 10.2 Å². The van der Waals surface area contributed by atoms with Crippen LogP contribution in [-0.2, 0) is 4.79 Å². The van der Waals surface area contributed by atoms with Crippen molar-refractivity contribution in [3.8, 4) is 0 Å². The molecule has 6 nitrogen and oxygen atoms in total. The van der Waals surface area contributed by atoms with Gasteiger partial charge in [0.25, 0.3) is 5.91 Å². The smallest absolute Gasteiger partial charge is 0.286 e. The van der Waals surface area contributed by atoms with Crippen LogP contribution in [0.25, 0.3) is 0 Å². The third-order valence-corrected chi connectivity index (χ3v) is 3.53. The Kier molecular flexibility index (Phi) is 5.17. The van der Waals surface area contributed by atoms with Crippen molar-refractivity contribution in [2.24, 2.45) is 0 Å². The molecule has 2 rings (SSSR count). The molecule has 1 fully saturated rings. The summed E-state index contributed by atoms with van der Waals surface area (Å²) in [7, 11) is 0. The van der Waals surface area contributed by atoms with Gasteiger partial charge in [-0.3, -0.25) is 9.59 Å². The number of piperidine rings is 1. The number of rotatable bonds is 5. The predicted molar refractivity (Wildman–Crippen MR) is 72.1 cm³/mol. The highest BCUT2D eigenvalue weighted by Crippen LogP contribution is 2.17. The first kappa shape index (κ1) is 14.6. The van der Waals surface area contributed by atoms with Crippen LogP contribution in [0.15, 0.2) is 22.8 Å². The van der Waals surface area contributed by atoms with Crippen LogP contribution in [0.2, 0.25) is 0 Å². The highest BCUT2D eigenvalue weighted by Gasteiger charge is 2.25. The molecule has 1 aromatic heterocycles. The van der Waals surface area contributed by atoms with Gasteiger partial charge < -0.3 is 19.7 Å². The maximum atomic E-state index is 12.1. The molecule has 2 heterocycles. The number of aliphatic hydroxyl groups excluding tert-OH is 1. The molecule has 0 spiro atoms. The topological polar surface area (TPSA) is 82.8 Å². The summed E-state index contributed by atoms with van der Waals surface area (Å²) in [6.45, 7) is 0.966. The van der Waals surface area contributed by atoms with Crippen LogP contribution in [0.4, 0.5) is 0 Å². The Morgan fingerprint density at radius 3 is 3.00 bits per heavy atom. The number of carbonyl (C=O) groups is 2. The van der Waals surface area contributed by atoms with E-state index < -0.39 is 0 Å². The zero-order chi connectivity index (χ0) is 14.4. The first-order chi connectivity index (χ1) is 9.72. The van der Waals surface area contributed by atoms with E-state index >= 15 is 0 Å². The molecule has 0 aromatic carbocycles. The van der Waals surface area contributed by atoms with Crippen LogP contribution in [-0.4, -0.2) is 47.6 Å². The molecule has 0 saturated carbocycles. The number of amides is 2. The molecule has 0 bridgehead atoms. The van der Waals surface area contributed by atoms with Gasteiger partial charge in [-0.1, -0.05) is 0 Å². The monoisotopic (exact) mass is 280 g/mol. The van der Waals surface area contributed by atoms with E-state index in [4.69, 9.17) is 4.42 Å². The second-order valence-corrected chi connectivity index (χ2v) is 4.90. The molecule has 2 amide bonds. The van der Waals surface area contributed by atoms with Crippen LogP contribution in [0.1, 0.15) is 36.2 Å². The van der Waals surface area contributed by atoms with Crippen LogP contribution in [0.3, 0.4) is 0 Å². The van der Waals surface area contributed by atoms with Gasteiger partial charge in [0.15, 0.2) is 5.76 Å². The fraction of sp³-hybridized carbons (Fsp3) is 0.571. The minimum absolute atomic E-state index is 0.00446. The molecule has 20 heavy (non-hydrogen) atoms. The number of likely N-dealkylation sites (tertiary alicyclic amines) is 1. The second kappa shape index (κ2) is 7.09. The first-order valence-corrected chi connectivity index (χ1v) is 6.94. The number of nitrogens with one attached hydrogen (secondary N) is 1. The summed E-state index contributed by atoms with van der Waals surface area (Å²) in [4.78, 5) is 25.4. The molecule has 0 radical (unpaired) electrons. The van der Waals surface area contributed by atoms with E-state index in [0.29, 0.717) is 6.54 Å². The molecule has 1 unspecified atom stereocenters. The second-order valence-electron chi connectivity index (χ2n) is 4.90. The Labute approximate surface area is 117 Å². The minimum atomic E-state index is -0.319. The van der Waals surface area contributed by atoms with E-state index in [9.17, 15) is 14.7 Å². The van der Waals surface area contributed by atoms with Gasteiger partial charge in [-0.2, -0.15) is 0 Å². The van der Waals surface area contributed by atoms with Crippen molar-refractivity contribution in [2.75, 3.05) is 19.7 Å². The van der Waals surface area contributed by atoms with E-state index in [1.54, 1.807) is 17.0 Å². The standard InChI is InChI=1S/C14H20N2O4/c17-10-11-4-1-2-8-16(11)13(18)6-7-15-14(19)12-5-3-9-20-12/h3,5,9,11,17H,1-2,4,6-8,10H2,(H,15,19). The van der Waals surface area contributed by atoms with Crippen molar-refractivity contribution >= 4 is 11.8 Å². The molecule has 110 valence electrons. The number of furan rings is 1. The lowest BCUT2D eigenvalue weighted by Gasteiger charge is -2.34. The van der Waals surface area contributed by atoms with Crippen molar-refractivity contribution < 1.29 is 19.1 Å². The summed E-state index contributed by atoms with van der Waals surface area (Å²) in [6.07, 6.45) is 4.54. The fourth-order valence-electron chi connectivity index (χ4n) is 2.44. The number of carbonyl (C=O) groups excluding carboxylic acids is 2. The average Bonchev–Trinajstić information content (AvgIpc) is 3.01. The van der Waals surface area contributed by atoms with Crippen molar-refractivity contribution in [1.29, 1.82) is 0 Å². The number of hydrogen-bond acceptors (Lipinski definition) is 4. The quantitative estimate of drug-likeness (QED) is 0.834. The maximum Gasteiger partial charge on any atom is 0.286 e. The van der Waals surface area contributed by atoms with E-state index in [0.717, 1.165) is 19.3 Å². The average molecular weight is 280 g/mol. The van der Waals surface area contributed by atoms with E-state index in [1.165, 1.54) is 6.26 Å². The maximum absolute atomic E-state index is 12.1. The summed E-state index contributed by atoms with van der Waals surface area (Å²) < 4.78 is 4.96. The van der Waals surface area contributed by atoms with Crippen LogP contribution in [0.5, 0.6) is 0 Å². The van der Waals surface area contributed by atoms with Gasteiger partial charge in [-0.05, 0) is 31.4 Å². The molecular formula is C14H20N2O4. The Morgan fingerprint density at radius 2 is 2.30 bits per heavy atom. The lowest BCUT2D eigenvalue weighted by molar-refractivity contribution is -0.135. The van der Waals surface area contributed by atoms with Crippen LogP contribution >= 0.6 is 0 Å². The third kappa shape index (κ3) is 3.60. The highest BCUT2D eigenvalue weighted by atomic mass is 16.3. The summed E-state index contributed by atoms with van der Waals surface area (Å²) >= 11 is 0. The van der Waals surface area contributed by atoms with Crippen molar-refractivity contribution in [3.05, 3.63) is 24.2 Å². The first-order valence-electron chi connectivity index (χ1n) is 6.94. The zero-order valence-corrected chi connectivity index (χ0v) is 11.4. The lowest BCUT2D eigenvalue weighted by atomic mass is 10.0. The van der Waals surface area contributed by atoms with Crippen molar-refractivity contribution in [3.63, 3.8) is 0 Å². The molecule has 2 N–H and O–H groups in total. The number of aliphatic hydroxyl groups is 1. The Balaban J connectivity index is 1.75. The van der Waals surface area contributed by atoms with E-state index in [2.05, 4.69) is 5.32 Å². The number of hydrogen-bond donors (Lipinski definition) is 2. The summed E-state index contributed by atoms with van der Waals surface area (Å²) in [5.41, 5.74) is 0. The molecule has 1 aliphatic rings. The van der Waals surface area contributed by atoms with Gasteiger partial charge in [0.05, 0.1) is 18.9 Å². The lowest BCUT2D eigenvalue weighted by Crippen LogP contribution is -2.46. The molecule has 1 atom stereocenters. The Morgan fingerprint density at radius 1 is 1.45 bits per heavy atom. The molecule has 0 aliphatic carbocycles. The number of nitrogens with zero attached hydrogens (tertiary/aromatic N) is 1. The molecule has 1 aliphatic heterocycles. The van der Waals surface area contributed by atoms with Crippen molar-refractivity contribution in [2.45, 2.75) is 31.7 Å². The van der Waals surface area contributed by atoms with E-state index in [1.807, 2.05) is 0 Å². The normalized spacial score (nSPS) is 18.9. The molecule has 1 saturated heterocycles. The van der Waals surface area contributed by atoms with Gasteiger partial charge in [-0.25, -0.2) is 0 Å². The predicted octanol–water partition coefficient (Wildman–Crippen LogP) is 0.773. The SMILES string of the molecule is O=C(NCCC(=O)N1CCCCC1CO)c1ccco1. The van der Waals surface area contributed by atoms with Gasteiger partial charge in [0, 0.05) is 19.5 Å². The molecular weight excluding hydrogens is 260 g/mol. The zero-order valence-electron chi connectivity index (χ0n) is 11.4. The van der Waals surface area contributed by atoms with Gasteiger partial charge in [-0.15, -0.1) is 0 Å². The van der Waals surface area contributed by atoms with Gasteiger partial charge >= 0.3 is 0 Å². The van der Waals surface area contributed by atoms with Gasteiger partial charge in [0.1, 0.15) is 0 Å². The van der Waals surface area contributed by atoms with E-state index in [-0.39, 0.29) is 43.2 Å². The Hall–Kier alpha value is -1.82. The largest absolute Gasteiger partial charge is 0.459 e. The Bertz CT molecular complexity index is 444. The third-order valence-electron chi connectivity index (χ3n) is 3.53. The molecule has 6 heteroatoms. The van der Waals surface area contributed by atoms with Crippen LogP contribution in [0, 0.1) is 0 Å². The summed E-state index contributed by atoms with van der Waals surface area (Å²) in [6, 6.07) is 3.14. The minimum Gasteiger partial charge on any atom is -0.459 e. The van der Waals surface area contributed by atoms with Gasteiger partial charge in [0.2, 0.25) is 5.91 Å². The summed E-state index contributed by atoms with van der Waals surface area (Å²) in [5, 5.41) is 11.9.